The molecule has 5 nitrogen and oxygen atoms in total. The fourth-order valence-corrected chi connectivity index (χ4v) is 4.03. The van der Waals surface area contributed by atoms with Crippen LogP contribution in [0.3, 0.4) is 0 Å². The van der Waals surface area contributed by atoms with Gasteiger partial charge in [-0.1, -0.05) is 26.0 Å². The molecule has 0 amide bonds. The molecular formula is C12H17NO4S2. The van der Waals surface area contributed by atoms with Crippen molar-refractivity contribution in [1.82, 2.24) is 4.72 Å². The lowest BCUT2D eigenvalue weighted by molar-refractivity contribution is -0.140. The molecule has 0 aliphatic heterocycles. The van der Waals surface area contributed by atoms with Crippen LogP contribution >= 0.6 is 11.8 Å². The van der Waals surface area contributed by atoms with E-state index < -0.39 is 22.0 Å². The maximum atomic E-state index is 12.2. The van der Waals surface area contributed by atoms with Crippen molar-refractivity contribution < 1.29 is 18.3 Å². The van der Waals surface area contributed by atoms with Gasteiger partial charge in [0.05, 0.1) is 4.90 Å². The summed E-state index contributed by atoms with van der Waals surface area (Å²) in [4.78, 5) is 11.8. The van der Waals surface area contributed by atoms with Crippen LogP contribution in [0, 0.1) is 5.92 Å². The highest BCUT2D eigenvalue weighted by Crippen LogP contribution is 2.24. The molecule has 0 unspecified atom stereocenters. The van der Waals surface area contributed by atoms with Crippen molar-refractivity contribution in [3.05, 3.63) is 24.3 Å². The molecule has 0 aliphatic carbocycles. The van der Waals surface area contributed by atoms with Crippen LogP contribution < -0.4 is 4.72 Å². The Morgan fingerprint density at radius 2 is 1.89 bits per heavy atom. The van der Waals surface area contributed by atoms with E-state index in [4.69, 9.17) is 5.11 Å². The molecule has 0 radical (unpaired) electrons. The largest absolute Gasteiger partial charge is 0.480 e. The highest BCUT2D eigenvalue weighted by atomic mass is 32.2. The van der Waals surface area contributed by atoms with Crippen molar-refractivity contribution >= 4 is 27.8 Å². The topological polar surface area (TPSA) is 83.5 Å². The van der Waals surface area contributed by atoms with E-state index in [1.165, 1.54) is 17.8 Å². The number of carboxylic acid groups (broad SMARTS) is 1. The average Bonchev–Trinajstić information content (AvgIpc) is 2.35. The number of carboxylic acids is 1. The third-order valence-electron chi connectivity index (χ3n) is 2.57. The van der Waals surface area contributed by atoms with Crippen LogP contribution in [0.2, 0.25) is 0 Å². The molecule has 0 aliphatic rings. The molecule has 1 aromatic rings. The summed E-state index contributed by atoms with van der Waals surface area (Å²) in [5, 5.41) is 9.05. The number of nitrogens with one attached hydrogen (secondary N) is 1. The summed E-state index contributed by atoms with van der Waals surface area (Å²) in [6.07, 6.45) is 1.77. The summed E-state index contributed by atoms with van der Waals surface area (Å²) in [6.45, 7) is 3.31. The standard InChI is InChI=1S/C12H17NO4S2/c1-8(2)11(12(14)15)13-19(16,17)10-7-5-4-6-9(10)18-3/h4-8,11,13H,1-3H3,(H,14,15)/t11-/m1/s1. The predicted molar refractivity (Wildman–Crippen MR) is 74.8 cm³/mol. The Morgan fingerprint density at radius 1 is 1.32 bits per heavy atom. The van der Waals surface area contributed by atoms with E-state index in [0.29, 0.717) is 4.90 Å². The van der Waals surface area contributed by atoms with Gasteiger partial charge in [0.15, 0.2) is 0 Å². The molecule has 7 heteroatoms. The molecule has 0 heterocycles. The monoisotopic (exact) mass is 303 g/mol. The van der Waals surface area contributed by atoms with Crippen LogP contribution in [-0.2, 0) is 14.8 Å². The van der Waals surface area contributed by atoms with Gasteiger partial charge in [0, 0.05) is 4.90 Å². The third kappa shape index (κ3) is 3.95. The Balaban J connectivity index is 3.14. The third-order valence-corrected chi connectivity index (χ3v) is 5.00. The molecule has 0 saturated carbocycles. The number of rotatable bonds is 6. The van der Waals surface area contributed by atoms with Crippen molar-refractivity contribution in [2.75, 3.05) is 6.26 Å². The normalized spacial score (nSPS) is 13.5. The summed E-state index contributed by atoms with van der Waals surface area (Å²) in [6, 6.07) is 5.36. The minimum absolute atomic E-state index is 0.106. The molecule has 0 saturated heterocycles. The van der Waals surface area contributed by atoms with Crippen LogP contribution in [0.1, 0.15) is 13.8 Å². The van der Waals surface area contributed by atoms with Crippen molar-refractivity contribution in [1.29, 1.82) is 0 Å². The Bertz CT molecular complexity index is 555. The number of benzene rings is 1. The Labute approximate surface area is 117 Å². The van der Waals surface area contributed by atoms with Gasteiger partial charge in [-0.2, -0.15) is 4.72 Å². The Morgan fingerprint density at radius 3 is 2.37 bits per heavy atom. The summed E-state index contributed by atoms with van der Waals surface area (Å²) < 4.78 is 26.7. The first kappa shape index (κ1) is 16.0. The van der Waals surface area contributed by atoms with E-state index in [2.05, 4.69) is 4.72 Å². The smallest absolute Gasteiger partial charge is 0.322 e. The van der Waals surface area contributed by atoms with Crippen molar-refractivity contribution in [3.8, 4) is 0 Å². The minimum Gasteiger partial charge on any atom is -0.480 e. The van der Waals surface area contributed by atoms with E-state index >= 15 is 0 Å². The van der Waals surface area contributed by atoms with Crippen molar-refractivity contribution in [2.24, 2.45) is 5.92 Å². The molecule has 0 spiro atoms. The zero-order chi connectivity index (χ0) is 14.6. The molecule has 106 valence electrons. The van der Waals surface area contributed by atoms with E-state index in [1.54, 1.807) is 38.3 Å². The minimum atomic E-state index is -3.84. The number of hydrogen-bond donors (Lipinski definition) is 2. The fraction of sp³-hybridized carbons (Fsp3) is 0.417. The molecule has 0 bridgehead atoms. The number of hydrogen-bond acceptors (Lipinski definition) is 4. The molecule has 0 fully saturated rings. The number of thioether (sulfide) groups is 1. The summed E-state index contributed by atoms with van der Waals surface area (Å²) in [7, 11) is -3.84. The SMILES string of the molecule is CSc1ccccc1S(=O)(=O)N[C@@H](C(=O)O)C(C)C. The van der Waals surface area contributed by atoms with E-state index in [0.717, 1.165) is 0 Å². The fourth-order valence-electron chi connectivity index (χ4n) is 1.54. The van der Waals surface area contributed by atoms with Gasteiger partial charge >= 0.3 is 5.97 Å². The lowest BCUT2D eigenvalue weighted by Gasteiger charge is -2.18. The highest BCUT2D eigenvalue weighted by Gasteiger charge is 2.29. The number of carbonyl (C=O) groups is 1. The van der Waals surface area contributed by atoms with Crippen molar-refractivity contribution in [3.63, 3.8) is 0 Å². The second-order valence-corrected chi connectivity index (χ2v) is 6.86. The van der Waals surface area contributed by atoms with Crippen LogP contribution in [0.25, 0.3) is 0 Å². The van der Waals surface area contributed by atoms with Gasteiger partial charge in [0.2, 0.25) is 10.0 Å². The Kier molecular flexibility index (Phi) is 5.39. The van der Waals surface area contributed by atoms with E-state index in [1.807, 2.05) is 0 Å². The van der Waals surface area contributed by atoms with Gasteiger partial charge in [-0.3, -0.25) is 4.79 Å². The average molecular weight is 303 g/mol. The zero-order valence-corrected chi connectivity index (χ0v) is 12.6. The molecular weight excluding hydrogens is 286 g/mol. The zero-order valence-electron chi connectivity index (χ0n) is 11.0. The van der Waals surface area contributed by atoms with Crippen LogP contribution in [0.15, 0.2) is 34.1 Å². The summed E-state index contributed by atoms with van der Waals surface area (Å²) >= 11 is 1.30. The van der Waals surface area contributed by atoms with E-state index in [9.17, 15) is 13.2 Å². The van der Waals surface area contributed by atoms with Gasteiger partial charge in [-0.15, -0.1) is 11.8 Å². The first-order valence-electron chi connectivity index (χ1n) is 5.67. The lowest BCUT2D eigenvalue weighted by Crippen LogP contribution is -2.44. The molecule has 1 aromatic carbocycles. The van der Waals surface area contributed by atoms with Crippen LogP contribution in [-0.4, -0.2) is 31.8 Å². The summed E-state index contributed by atoms with van der Waals surface area (Å²) in [5.41, 5.74) is 0. The number of sulfonamides is 1. The van der Waals surface area contributed by atoms with Gasteiger partial charge in [0.1, 0.15) is 6.04 Å². The molecule has 1 rings (SSSR count). The predicted octanol–water partition coefficient (Wildman–Crippen LogP) is 1.80. The highest BCUT2D eigenvalue weighted by molar-refractivity contribution is 7.99. The molecule has 2 N–H and O–H groups in total. The first-order valence-corrected chi connectivity index (χ1v) is 8.38. The molecule has 1 atom stereocenters. The van der Waals surface area contributed by atoms with Gasteiger partial charge in [0.25, 0.3) is 0 Å². The van der Waals surface area contributed by atoms with Gasteiger partial charge < -0.3 is 5.11 Å². The second kappa shape index (κ2) is 6.40. The maximum absolute atomic E-state index is 12.2. The lowest BCUT2D eigenvalue weighted by atomic mass is 10.1. The maximum Gasteiger partial charge on any atom is 0.322 e. The molecule has 19 heavy (non-hydrogen) atoms. The number of aliphatic carboxylic acids is 1. The van der Waals surface area contributed by atoms with E-state index in [-0.39, 0.29) is 10.8 Å². The van der Waals surface area contributed by atoms with Gasteiger partial charge in [-0.05, 0) is 24.3 Å². The second-order valence-electron chi connectivity index (χ2n) is 4.33. The quantitative estimate of drug-likeness (QED) is 0.783. The van der Waals surface area contributed by atoms with Crippen molar-refractivity contribution in [2.45, 2.75) is 29.7 Å². The Hall–Kier alpha value is -1.05. The first-order chi connectivity index (χ1) is 8.79. The van der Waals surface area contributed by atoms with Crippen LogP contribution in [0.5, 0.6) is 0 Å². The molecule has 0 aromatic heterocycles. The van der Waals surface area contributed by atoms with Gasteiger partial charge in [-0.25, -0.2) is 8.42 Å². The van der Waals surface area contributed by atoms with Crippen LogP contribution in [0.4, 0.5) is 0 Å². The summed E-state index contributed by atoms with van der Waals surface area (Å²) in [5.74, 6) is -1.52.